The standard InChI is InChI=1S/C23H20FNO3/c1-16-7-5-6-10-18(16)13-25-27-15-20-12-21(24)11-19-14-26-23(28-22(19)20)17-8-3-2-4-9-17/h2-13,23H,14-15H2,1H3/b25-13-/t23-/m1/s1. The summed E-state index contributed by atoms with van der Waals surface area (Å²) >= 11 is 0. The van der Waals surface area contributed by atoms with Crippen LogP contribution in [0, 0.1) is 12.7 Å². The second-order valence-electron chi connectivity index (χ2n) is 6.59. The van der Waals surface area contributed by atoms with Gasteiger partial charge in [-0.05, 0) is 30.2 Å². The van der Waals surface area contributed by atoms with E-state index in [0.29, 0.717) is 16.9 Å². The van der Waals surface area contributed by atoms with Gasteiger partial charge in [-0.3, -0.25) is 0 Å². The molecule has 4 rings (SSSR count). The number of hydrogen-bond acceptors (Lipinski definition) is 4. The summed E-state index contributed by atoms with van der Waals surface area (Å²) in [5, 5.41) is 4.02. The van der Waals surface area contributed by atoms with Crippen molar-refractivity contribution in [1.29, 1.82) is 0 Å². The van der Waals surface area contributed by atoms with E-state index in [2.05, 4.69) is 5.16 Å². The van der Waals surface area contributed by atoms with Gasteiger partial charge in [-0.1, -0.05) is 59.8 Å². The Kier molecular flexibility index (Phi) is 5.35. The van der Waals surface area contributed by atoms with Crippen molar-refractivity contribution in [1.82, 2.24) is 0 Å². The third kappa shape index (κ3) is 4.05. The highest BCUT2D eigenvalue weighted by Crippen LogP contribution is 2.36. The molecule has 1 aliphatic heterocycles. The summed E-state index contributed by atoms with van der Waals surface area (Å²) in [5.41, 5.74) is 4.23. The molecule has 0 N–H and O–H groups in total. The van der Waals surface area contributed by atoms with Crippen LogP contribution in [0.15, 0.2) is 71.9 Å². The zero-order valence-corrected chi connectivity index (χ0v) is 15.5. The smallest absolute Gasteiger partial charge is 0.227 e. The number of ether oxygens (including phenoxy) is 2. The second kappa shape index (κ2) is 8.23. The van der Waals surface area contributed by atoms with Crippen LogP contribution in [0.5, 0.6) is 5.75 Å². The number of hydrogen-bond donors (Lipinski definition) is 0. The first-order chi connectivity index (χ1) is 13.7. The molecule has 28 heavy (non-hydrogen) atoms. The second-order valence-corrected chi connectivity index (χ2v) is 6.59. The van der Waals surface area contributed by atoms with E-state index in [0.717, 1.165) is 16.7 Å². The van der Waals surface area contributed by atoms with E-state index >= 15 is 0 Å². The van der Waals surface area contributed by atoms with Crippen LogP contribution in [0.4, 0.5) is 4.39 Å². The molecule has 0 unspecified atom stereocenters. The zero-order chi connectivity index (χ0) is 19.3. The molecule has 1 atom stereocenters. The van der Waals surface area contributed by atoms with Crippen molar-refractivity contribution in [3.8, 4) is 5.75 Å². The molecule has 1 heterocycles. The van der Waals surface area contributed by atoms with Gasteiger partial charge in [0.2, 0.25) is 6.29 Å². The topological polar surface area (TPSA) is 40.0 Å². The first-order valence-electron chi connectivity index (χ1n) is 9.06. The number of fused-ring (bicyclic) bond motifs is 1. The molecular weight excluding hydrogens is 357 g/mol. The van der Waals surface area contributed by atoms with E-state index in [-0.39, 0.29) is 19.0 Å². The van der Waals surface area contributed by atoms with E-state index in [1.54, 1.807) is 6.21 Å². The molecule has 4 nitrogen and oxygen atoms in total. The van der Waals surface area contributed by atoms with Crippen LogP contribution in [-0.2, 0) is 22.8 Å². The van der Waals surface area contributed by atoms with E-state index in [1.165, 1.54) is 12.1 Å². The van der Waals surface area contributed by atoms with Crippen molar-refractivity contribution in [3.63, 3.8) is 0 Å². The van der Waals surface area contributed by atoms with Crippen molar-refractivity contribution in [2.24, 2.45) is 5.16 Å². The predicted molar refractivity (Wildman–Crippen MR) is 105 cm³/mol. The number of aryl methyl sites for hydroxylation is 1. The molecule has 0 fully saturated rings. The molecular formula is C23H20FNO3. The molecule has 5 heteroatoms. The van der Waals surface area contributed by atoms with Gasteiger partial charge >= 0.3 is 0 Å². The van der Waals surface area contributed by atoms with Crippen molar-refractivity contribution in [2.45, 2.75) is 26.4 Å². The lowest BCUT2D eigenvalue weighted by Gasteiger charge is -2.28. The molecule has 0 aromatic heterocycles. The van der Waals surface area contributed by atoms with Crippen LogP contribution in [0.25, 0.3) is 0 Å². The molecule has 0 spiro atoms. The molecule has 0 bridgehead atoms. The largest absolute Gasteiger partial charge is 0.460 e. The quantitative estimate of drug-likeness (QED) is 0.448. The van der Waals surface area contributed by atoms with Gasteiger partial charge in [-0.2, -0.15) is 0 Å². The summed E-state index contributed by atoms with van der Waals surface area (Å²) in [6.45, 7) is 2.37. The fraction of sp³-hybridized carbons (Fsp3) is 0.174. The Morgan fingerprint density at radius 2 is 1.89 bits per heavy atom. The van der Waals surface area contributed by atoms with E-state index < -0.39 is 6.29 Å². The van der Waals surface area contributed by atoms with Crippen molar-refractivity contribution >= 4 is 6.21 Å². The van der Waals surface area contributed by atoms with Gasteiger partial charge in [-0.25, -0.2) is 4.39 Å². The highest BCUT2D eigenvalue weighted by atomic mass is 19.1. The highest BCUT2D eigenvalue weighted by molar-refractivity contribution is 5.81. The van der Waals surface area contributed by atoms with Crippen LogP contribution in [0.2, 0.25) is 0 Å². The van der Waals surface area contributed by atoms with Gasteiger partial charge in [0, 0.05) is 16.7 Å². The van der Waals surface area contributed by atoms with Gasteiger partial charge < -0.3 is 14.3 Å². The fourth-order valence-corrected chi connectivity index (χ4v) is 3.09. The Balaban J connectivity index is 1.50. The highest BCUT2D eigenvalue weighted by Gasteiger charge is 2.25. The first kappa shape index (κ1) is 18.2. The van der Waals surface area contributed by atoms with Crippen LogP contribution >= 0.6 is 0 Å². The van der Waals surface area contributed by atoms with Gasteiger partial charge in [0.1, 0.15) is 18.2 Å². The lowest BCUT2D eigenvalue weighted by atomic mass is 10.1. The van der Waals surface area contributed by atoms with Gasteiger partial charge in [-0.15, -0.1) is 0 Å². The predicted octanol–water partition coefficient (Wildman–Crippen LogP) is 5.29. The number of halogens is 1. The van der Waals surface area contributed by atoms with Crippen LogP contribution in [0.1, 0.15) is 34.1 Å². The Morgan fingerprint density at radius 3 is 2.71 bits per heavy atom. The van der Waals surface area contributed by atoms with Crippen molar-refractivity contribution in [2.75, 3.05) is 0 Å². The number of nitrogens with zero attached hydrogens (tertiary/aromatic N) is 1. The molecule has 0 amide bonds. The Labute approximate surface area is 163 Å². The number of oxime groups is 1. The third-order valence-electron chi connectivity index (χ3n) is 4.57. The molecule has 0 saturated heterocycles. The summed E-state index contributed by atoms with van der Waals surface area (Å²) in [6, 6.07) is 20.3. The summed E-state index contributed by atoms with van der Waals surface area (Å²) in [6.07, 6.45) is 1.12. The minimum Gasteiger partial charge on any atom is -0.460 e. The maximum atomic E-state index is 14.0. The average molecular weight is 377 g/mol. The van der Waals surface area contributed by atoms with E-state index in [1.807, 2.05) is 61.5 Å². The molecule has 142 valence electrons. The van der Waals surface area contributed by atoms with Gasteiger partial charge in [0.05, 0.1) is 12.8 Å². The summed E-state index contributed by atoms with van der Waals surface area (Å²) in [5.74, 6) is 0.234. The molecule has 0 saturated carbocycles. The van der Waals surface area contributed by atoms with Gasteiger partial charge in [0.25, 0.3) is 0 Å². The Morgan fingerprint density at radius 1 is 1.11 bits per heavy atom. The van der Waals surface area contributed by atoms with Crippen molar-refractivity contribution < 1.29 is 18.7 Å². The molecule has 3 aromatic carbocycles. The normalized spacial score (nSPS) is 15.9. The van der Waals surface area contributed by atoms with Crippen molar-refractivity contribution in [3.05, 3.63) is 100 Å². The van der Waals surface area contributed by atoms with Crippen LogP contribution in [0.3, 0.4) is 0 Å². The van der Waals surface area contributed by atoms with E-state index in [9.17, 15) is 4.39 Å². The van der Waals surface area contributed by atoms with E-state index in [4.69, 9.17) is 14.3 Å². The number of rotatable bonds is 5. The van der Waals surface area contributed by atoms with Gasteiger partial charge in [0.15, 0.2) is 0 Å². The zero-order valence-electron chi connectivity index (χ0n) is 15.5. The lowest BCUT2D eigenvalue weighted by Crippen LogP contribution is -2.19. The maximum Gasteiger partial charge on any atom is 0.227 e. The molecule has 0 radical (unpaired) electrons. The first-order valence-corrected chi connectivity index (χ1v) is 9.06. The Bertz CT molecular complexity index is 988. The summed E-state index contributed by atoms with van der Waals surface area (Å²) in [7, 11) is 0. The monoisotopic (exact) mass is 377 g/mol. The lowest BCUT2D eigenvalue weighted by molar-refractivity contribution is -0.112. The fourth-order valence-electron chi connectivity index (χ4n) is 3.09. The summed E-state index contributed by atoms with van der Waals surface area (Å²) in [4.78, 5) is 5.42. The molecule has 0 aliphatic carbocycles. The third-order valence-corrected chi connectivity index (χ3v) is 4.57. The van der Waals surface area contributed by atoms with Crippen LogP contribution < -0.4 is 4.74 Å². The Hall–Kier alpha value is -3.18. The molecule has 1 aliphatic rings. The SMILES string of the molecule is Cc1ccccc1/C=N\OCc1cc(F)cc2c1O[C@H](c1ccccc1)OC2. The maximum absolute atomic E-state index is 14.0. The summed E-state index contributed by atoms with van der Waals surface area (Å²) < 4.78 is 25.8. The minimum absolute atomic E-state index is 0.101. The molecule has 3 aromatic rings. The minimum atomic E-state index is -0.534. The average Bonchev–Trinajstić information content (AvgIpc) is 2.72. The van der Waals surface area contributed by atoms with Crippen LogP contribution in [-0.4, -0.2) is 6.21 Å². The number of benzene rings is 3.